The second-order valence-electron chi connectivity index (χ2n) is 3.25. The highest BCUT2D eigenvalue weighted by atomic mass is 32.2. The lowest BCUT2D eigenvalue weighted by Gasteiger charge is -1.94. The highest BCUT2D eigenvalue weighted by molar-refractivity contribution is 7.88. The zero-order valence-corrected chi connectivity index (χ0v) is 7.10. The Morgan fingerprint density at radius 2 is 2.09 bits per heavy atom. The monoisotopic (exact) mass is 177 g/mol. The molecule has 5 heteroatoms. The minimum Gasteiger partial charge on any atom is -0.352 e. The number of nitrogens with one attached hydrogen (secondary N) is 1. The van der Waals surface area contributed by atoms with Gasteiger partial charge in [-0.15, -0.1) is 0 Å². The van der Waals surface area contributed by atoms with Gasteiger partial charge in [0.1, 0.15) is 12.3 Å². The predicted octanol–water partition coefficient (Wildman–Crippen LogP) is -0.330. The van der Waals surface area contributed by atoms with E-state index >= 15 is 0 Å². The van der Waals surface area contributed by atoms with E-state index < -0.39 is 10.0 Å². The number of epoxide rings is 1. The van der Waals surface area contributed by atoms with E-state index in [2.05, 4.69) is 4.72 Å². The zero-order chi connectivity index (χ0) is 8.06. The van der Waals surface area contributed by atoms with Crippen molar-refractivity contribution < 1.29 is 13.2 Å². The van der Waals surface area contributed by atoms with Crippen molar-refractivity contribution in [3.63, 3.8) is 0 Å². The predicted molar refractivity (Wildman–Crippen MR) is 39.4 cm³/mol. The molecule has 0 amide bonds. The SMILES string of the molecule is CS(=O)(=O)NC1O[C@H]1C1CC1. The molecule has 1 N–H and O–H groups in total. The third-order valence-corrected chi connectivity index (χ3v) is 2.60. The van der Waals surface area contributed by atoms with E-state index in [1.165, 1.54) is 12.8 Å². The van der Waals surface area contributed by atoms with Gasteiger partial charge in [-0.1, -0.05) is 0 Å². The van der Waals surface area contributed by atoms with Crippen LogP contribution in [0.15, 0.2) is 0 Å². The zero-order valence-electron chi connectivity index (χ0n) is 6.28. The molecule has 0 radical (unpaired) electrons. The molecule has 2 rings (SSSR count). The smallest absolute Gasteiger partial charge is 0.210 e. The highest BCUT2D eigenvalue weighted by Crippen LogP contribution is 2.43. The lowest BCUT2D eigenvalue weighted by atomic mass is 10.3. The Morgan fingerprint density at radius 3 is 2.55 bits per heavy atom. The van der Waals surface area contributed by atoms with Gasteiger partial charge in [0.05, 0.1) is 6.26 Å². The van der Waals surface area contributed by atoms with Crippen LogP contribution in [0.25, 0.3) is 0 Å². The fraction of sp³-hybridized carbons (Fsp3) is 1.00. The second-order valence-corrected chi connectivity index (χ2v) is 5.03. The van der Waals surface area contributed by atoms with Crippen molar-refractivity contribution in [3.05, 3.63) is 0 Å². The summed E-state index contributed by atoms with van der Waals surface area (Å²) in [5.74, 6) is 0.620. The Bertz CT molecular complexity index is 257. The summed E-state index contributed by atoms with van der Waals surface area (Å²) in [5.41, 5.74) is 0. The number of rotatable bonds is 3. The Balaban J connectivity index is 1.83. The van der Waals surface area contributed by atoms with E-state index in [9.17, 15) is 8.42 Å². The fourth-order valence-corrected chi connectivity index (χ4v) is 1.82. The van der Waals surface area contributed by atoms with Gasteiger partial charge in [0.2, 0.25) is 10.0 Å². The topological polar surface area (TPSA) is 58.7 Å². The first-order chi connectivity index (χ1) is 5.06. The molecule has 1 aliphatic carbocycles. The van der Waals surface area contributed by atoms with E-state index in [0.29, 0.717) is 5.92 Å². The van der Waals surface area contributed by atoms with Crippen LogP contribution in [0.4, 0.5) is 0 Å². The lowest BCUT2D eigenvalue weighted by Crippen LogP contribution is -2.26. The molecule has 2 fully saturated rings. The van der Waals surface area contributed by atoms with E-state index in [1.54, 1.807) is 0 Å². The molecule has 64 valence electrons. The molecule has 4 nitrogen and oxygen atoms in total. The normalized spacial score (nSPS) is 37.2. The first-order valence-electron chi connectivity index (χ1n) is 3.69. The summed E-state index contributed by atoms with van der Waals surface area (Å²) >= 11 is 0. The summed E-state index contributed by atoms with van der Waals surface area (Å²) in [7, 11) is -3.07. The van der Waals surface area contributed by atoms with Gasteiger partial charge in [-0.25, -0.2) is 8.42 Å². The molecule has 1 unspecified atom stereocenters. The first kappa shape index (κ1) is 7.52. The van der Waals surface area contributed by atoms with Crippen molar-refractivity contribution in [1.82, 2.24) is 4.72 Å². The Morgan fingerprint density at radius 1 is 1.45 bits per heavy atom. The van der Waals surface area contributed by atoms with Crippen LogP contribution in [-0.2, 0) is 14.8 Å². The Labute approximate surface area is 66.0 Å². The van der Waals surface area contributed by atoms with Gasteiger partial charge in [-0.05, 0) is 18.8 Å². The van der Waals surface area contributed by atoms with Crippen LogP contribution in [0.1, 0.15) is 12.8 Å². The minimum atomic E-state index is -3.07. The molecule has 11 heavy (non-hydrogen) atoms. The number of ether oxygens (including phenoxy) is 1. The fourth-order valence-electron chi connectivity index (χ4n) is 1.21. The van der Waals surface area contributed by atoms with Crippen molar-refractivity contribution >= 4 is 10.0 Å². The molecule has 0 aromatic carbocycles. The molecule has 0 bridgehead atoms. The van der Waals surface area contributed by atoms with Crippen molar-refractivity contribution in [2.24, 2.45) is 5.92 Å². The van der Waals surface area contributed by atoms with Crippen LogP contribution in [-0.4, -0.2) is 27.0 Å². The summed E-state index contributed by atoms with van der Waals surface area (Å²) in [5, 5.41) is 0. The molecule has 0 spiro atoms. The summed E-state index contributed by atoms with van der Waals surface area (Å²) in [6.07, 6.45) is 3.47. The molecule has 1 saturated heterocycles. The number of hydrogen-bond donors (Lipinski definition) is 1. The van der Waals surface area contributed by atoms with E-state index in [1.807, 2.05) is 0 Å². The van der Waals surface area contributed by atoms with Crippen LogP contribution >= 0.6 is 0 Å². The van der Waals surface area contributed by atoms with E-state index in [4.69, 9.17) is 4.74 Å². The maximum Gasteiger partial charge on any atom is 0.210 e. The highest BCUT2D eigenvalue weighted by Gasteiger charge is 2.50. The third-order valence-electron chi connectivity index (χ3n) is 1.94. The third kappa shape index (κ3) is 1.91. The van der Waals surface area contributed by atoms with Gasteiger partial charge in [-0.3, -0.25) is 0 Å². The standard InChI is InChI=1S/C6H11NO3S/c1-11(8,9)7-6-5(10-6)4-2-3-4/h4-7H,2-3H2,1H3/t5-,6?/m0/s1. The summed E-state index contributed by atoms with van der Waals surface area (Å²) in [6.45, 7) is 0. The molecule has 0 aromatic rings. The lowest BCUT2D eigenvalue weighted by molar-refractivity contribution is 0.350. The molecular weight excluding hydrogens is 166 g/mol. The average Bonchev–Trinajstić information content (AvgIpc) is 2.41. The molecule has 2 atom stereocenters. The van der Waals surface area contributed by atoms with Gasteiger partial charge in [0.15, 0.2) is 0 Å². The summed E-state index contributed by atoms with van der Waals surface area (Å²) in [6, 6.07) is 0. The van der Waals surface area contributed by atoms with Crippen molar-refractivity contribution in [1.29, 1.82) is 0 Å². The number of hydrogen-bond acceptors (Lipinski definition) is 3. The molecule has 2 aliphatic rings. The second kappa shape index (κ2) is 2.18. The Hall–Kier alpha value is -0.130. The average molecular weight is 177 g/mol. The molecule has 0 aromatic heterocycles. The van der Waals surface area contributed by atoms with Crippen LogP contribution in [0.3, 0.4) is 0 Å². The quantitative estimate of drug-likeness (QED) is 0.600. The van der Waals surface area contributed by atoms with Gasteiger partial charge >= 0.3 is 0 Å². The molecule has 1 saturated carbocycles. The maximum atomic E-state index is 10.7. The van der Waals surface area contributed by atoms with Gasteiger partial charge < -0.3 is 4.74 Å². The summed E-state index contributed by atoms with van der Waals surface area (Å²) in [4.78, 5) is 0. The molecule has 1 heterocycles. The summed E-state index contributed by atoms with van der Waals surface area (Å²) < 4.78 is 28.9. The van der Waals surface area contributed by atoms with Crippen molar-refractivity contribution in [2.75, 3.05) is 6.26 Å². The van der Waals surface area contributed by atoms with Crippen molar-refractivity contribution in [3.8, 4) is 0 Å². The molecule has 1 aliphatic heterocycles. The van der Waals surface area contributed by atoms with Gasteiger partial charge in [0.25, 0.3) is 0 Å². The van der Waals surface area contributed by atoms with Crippen LogP contribution < -0.4 is 4.72 Å². The van der Waals surface area contributed by atoms with Crippen LogP contribution in [0, 0.1) is 5.92 Å². The van der Waals surface area contributed by atoms with Crippen LogP contribution in [0.5, 0.6) is 0 Å². The largest absolute Gasteiger partial charge is 0.352 e. The first-order valence-corrected chi connectivity index (χ1v) is 5.58. The van der Waals surface area contributed by atoms with E-state index in [0.717, 1.165) is 6.26 Å². The van der Waals surface area contributed by atoms with Crippen LogP contribution in [0.2, 0.25) is 0 Å². The van der Waals surface area contributed by atoms with Crippen molar-refractivity contribution in [2.45, 2.75) is 25.2 Å². The number of sulfonamides is 1. The van der Waals surface area contributed by atoms with E-state index in [-0.39, 0.29) is 12.3 Å². The van der Waals surface area contributed by atoms with Gasteiger partial charge in [-0.2, -0.15) is 4.72 Å². The Kier molecular flexibility index (Phi) is 1.49. The molecular formula is C6H11NO3S. The maximum absolute atomic E-state index is 10.7. The van der Waals surface area contributed by atoms with Gasteiger partial charge in [0, 0.05) is 0 Å². The minimum absolute atomic E-state index is 0.171.